The van der Waals surface area contributed by atoms with Gasteiger partial charge in [-0.25, -0.2) is 4.79 Å². The Morgan fingerprint density at radius 3 is 2.35 bits per heavy atom. The van der Waals surface area contributed by atoms with Crippen LogP contribution in [0.25, 0.3) is 0 Å². The topological polar surface area (TPSA) is 49.8 Å². The second kappa shape index (κ2) is 8.70. The van der Waals surface area contributed by atoms with Crippen LogP contribution < -0.4 is 4.74 Å². The Labute approximate surface area is 144 Å². The lowest BCUT2D eigenvalue weighted by Gasteiger charge is -2.20. The summed E-state index contributed by atoms with van der Waals surface area (Å²) in [6, 6.07) is 14.8. The molecule has 122 valence electrons. The number of halogens is 1. The third kappa shape index (κ3) is 5.69. The molecule has 0 saturated heterocycles. The van der Waals surface area contributed by atoms with Crippen molar-refractivity contribution in [2.75, 3.05) is 19.7 Å². The molecule has 4 nitrogen and oxygen atoms in total. The van der Waals surface area contributed by atoms with E-state index in [4.69, 9.17) is 9.84 Å². The van der Waals surface area contributed by atoms with Crippen LogP contribution in [0.2, 0.25) is 0 Å². The molecule has 0 saturated carbocycles. The van der Waals surface area contributed by atoms with E-state index in [9.17, 15) is 4.79 Å². The quantitative estimate of drug-likeness (QED) is 0.753. The predicted molar refractivity (Wildman–Crippen MR) is 94.0 cm³/mol. The van der Waals surface area contributed by atoms with Crippen LogP contribution in [-0.2, 0) is 6.54 Å². The molecule has 0 aliphatic heterocycles. The first kappa shape index (κ1) is 17.5. The summed E-state index contributed by atoms with van der Waals surface area (Å²) in [6.07, 6.45) is 0. The number of hydrogen-bond acceptors (Lipinski definition) is 3. The highest BCUT2D eigenvalue weighted by Crippen LogP contribution is 2.16. The van der Waals surface area contributed by atoms with Gasteiger partial charge in [0, 0.05) is 17.6 Å². The third-order valence-electron chi connectivity index (χ3n) is 3.54. The highest BCUT2D eigenvalue weighted by molar-refractivity contribution is 9.10. The lowest BCUT2D eigenvalue weighted by molar-refractivity contribution is 0.0697. The average Bonchev–Trinajstić information content (AvgIpc) is 2.56. The molecule has 2 aromatic carbocycles. The smallest absolute Gasteiger partial charge is 0.335 e. The lowest BCUT2D eigenvalue weighted by atomic mass is 10.1. The number of likely N-dealkylation sites (N-methyl/N-ethyl adjacent to an activating group) is 1. The summed E-state index contributed by atoms with van der Waals surface area (Å²) in [5.41, 5.74) is 1.41. The molecule has 0 amide bonds. The lowest BCUT2D eigenvalue weighted by Crippen LogP contribution is -2.27. The van der Waals surface area contributed by atoms with E-state index in [2.05, 4.69) is 27.8 Å². The summed E-state index contributed by atoms with van der Waals surface area (Å²) in [6.45, 7) is 5.21. The number of aromatic carboxylic acids is 1. The fraction of sp³-hybridized carbons (Fsp3) is 0.278. The number of hydrogen-bond donors (Lipinski definition) is 1. The van der Waals surface area contributed by atoms with Crippen molar-refractivity contribution in [3.8, 4) is 5.75 Å². The molecule has 23 heavy (non-hydrogen) atoms. The van der Waals surface area contributed by atoms with Gasteiger partial charge in [0.1, 0.15) is 12.4 Å². The molecule has 0 atom stereocenters. The van der Waals surface area contributed by atoms with Crippen LogP contribution in [0.15, 0.2) is 53.0 Å². The largest absolute Gasteiger partial charge is 0.492 e. The number of carbonyl (C=O) groups is 1. The van der Waals surface area contributed by atoms with E-state index in [1.165, 1.54) is 0 Å². The number of carboxylic acid groups (broad SMARTS) is 1. The molecule has 0 aromatic heterocycles. The SMILES string of the molecule is CCN(CCOc1ccc(Br)cc1)Cc1ccc(C(=O)O)cc1. The maximum absolute atomic E-state index is 10.9. The standard InChI is InChI=1S/C18H20BrNO3/c1-2-20(11-12-23-17-9-7-16(19)8-10-17)13-14-3-5-15(6-4-14)18(21)22/h3-10H,2,11-13H2,1H3,(H,21,22). The van der Waals surface area contributed by atoms with Gasteiger partial charge >= 0.3 is 5.97 Å². The highest BCUT2D eigenvalue weighted by Gasteiger charge is 2.06. The summed E-state index contributed by atoms with van der Waals surface area (Å²) in [5.74, 6) is -0.0399. The Hall–Kier alpha value is -1.85. The van der Waals surface area contributed by atoms with Gasteiger partial charge in [-0.2, -0.15) is 0 Å². The zero-order valence-corrected chi connectivity index (χ0v) is 14.6. The minimum atomic E-state index is -0.896. The zero-order valence-electron chi connectivity index (χ0n) is 13.0. The summed E-state index contributed by atoms with van der Waals surface area (Å²) >= 11 is 3.40. The van der Waals surface area contributed by atoms with Crippen molar-refractivity contribution >= 4 is 21.9 Å². The molecule has 1 N–H and O–H groups in total. The zero-order chi connectivity index (χ0) is 16.7. The third-order valence-corrected chi connectivity index (χ3v) is 4.07. The van der Waals surface area contributed by atoms with Gasteiger partial charge < -0.3 is 9.84 Å². The number of ether oxygens (including phenoxy) is 1. The normalized spacial score (nSPS) is 10.7. The van der Waals surface area contributed by atoms with E-state index in [1.54, 1.807) is 12.1 Å². The molecular formula is C18H20BrNO3. The minimum Gasteiger partial charge on any atom is -0.492 e. The molecule has 0 heterocycles. The van der Waals surface area contributed by atoms with Crippen molar-refractivity contribution in [3.63, 3.8) is 0 Å². The van der Waals surface area contributed by atoms with Gasteiger partial charge in [-0.15, -0.1) is 0 Å². The van der Waals surface area contributed by atoms with Crippen LogP contribution >= 0.6 is 15.9 Å². The first-order valence-corrected chi connectivity index (χ1v) is 8.30. The van der Waals surface area contributed by atoms with Crippen molar-refractivity contribution < 1.29 is 14.6 Å². The van der Waals surface area contributed by atoms with Crippen LogP contribution in [0.4, 0.5) is 0 Å². The first-order chi connectivity index (χ1) is 11.1. The number of benzene rings is 2. The molecule has 0 spiro atoms. The molecule has 0 aliphatic rings. The molecular weight excluding hydrogens is 358 g/mol. The van der Waals surface area contributed by atoms with Gasteiger partial charge in [-0.3, -0.25) is 4.90 Å². The van der Waals surface area contributed by atoms with E-state index in [0.717, 1.165) is 35.4 Å². The average molecular weight is 378 g/mol. The Morgan fingerprint density at radius 2 is 1.78 bits per heavy atom. The summed E-state index contributed by atoms with van der Waals surface area (Å²) in [7, 11) is 0. The maximum Gasteiger partial charge on any atom is 0.335 e. The molecule has 0 fully saturated rings. The Kier molecular flexibility index (Phi) is 6.62. The monoisotopic (exact) mass is 377 g/mol. The number of rotatable bonds is 8. The molecule has 2 rings (SSSR count). The van der Waals surface area contributed by atoms with Gasteiger partial charge in [-0.05, 0) is 48.5 Å². The fourth-order valence-electron chi connectivity index (χ4n) is 2.18. The second-order valence-electron chi connectivity index (χ2n) is 5.17. The highest BCUT2D eigenvalue weighted by atomic mass is 79.9. The van der Waals surface area contributed by atoms with Crippen molar-refractivity contribution in [2.24, 2.45) is 0 Å². The molecule has 0 bridgehead atoms. The van der Waals surface area contributed by atoms with Gasteiger partial charge in [0.15, 0.2) is 0 Å². The molecule has 0 aliphatic carbocycles. The molecule has 2 aromatic rings. The summed E-state index contributed by atoms with van der Waals surface area (Å²) in [5, 5.41) is 8.92. The van der Waals surface area contributed by atoms with Crippen molar-refractivity contribution in [2.45, 2.75) is 13.5 Å². The first-order valence-electron chi connectivity index (χ1n) is 7.51. The summed E-state index contributed by atoms with van der Waals surface area (Å²) < 4.78 is 6.77. The fourth-order valence-corrected chi connectivity index (χ4v) is 2.45. The van der Waals surface area contributed by atoms with Gasteiger partial charge in [0.25, 0.3) is 0 Å². The predicted octanol–water partition coefficient (Wildman–Crippen LogP) is 4.05. The Balaban J connectivity index is 1.82. The Bertz CT molecular complexity index is 626. The van der Waals surface area contributed by atoms with E-state index < -0.39 is 5.97 Å². The second-order valence-corrected chi connectivity index (χ2v) is 6.09. The van der Waals surface area contributed by atoms with Crippen LogP contribution in [-0.4, -0.2) is 35.7 Å². The van der Waals surface area contributed by atoms with Gasteiger partial charge in [-0.1, -0.05) is 35.0 Å². The van der Waals surface area contributed by atoms with Crippen LogP contribution in [0.3, 0.4) is 0 Å². The van der Waals surface area contributed by atoms with E-state index >= 15 is 0 Å². The van der Waals surface area contributed by atoms with Crippen LogP contribution in [0.1, 0.15) is 22.8 Å². The van der Waals surface area contributed by atoms with E-state index in [1.807, 2.05) is 36.4 Å². The van der Waals surface area contributed by atoms with Crippen molar-refractivity contribution in [1.29, 1.82) is 0 Å². The maximum atomic E-state index is 10.9. The molecule has 0 radical (unpaired) electrons. The molecule has 5 heteroatoms. The minimum absolute atomic E-state index is 0.315. The number of nitrogens with zero attached hydrogens (tertiary/aromatic N) is 1. The van der Waals surface area contributed by atoms with Gasteiger partial charge in [0.05, 0.1) is 5.56 Å². The van der Waals surface area contributed by atoms with Crippen molar-refractivity contribution in [1.82, 2.24) is 4.90 Å². The Morgan fingerprint density at radius 1 is 1.13 bits per heavy atom. The number of carboxylic acids is 1. The summed E-state index contributed by atoms with van der Waals surface area (Å²) in [4.78, 5) is 13.1. The van der Waals surface area contributed by atoms with E-state index in [0.29, 0.717) is 12.2 Å². The van der Waals surface area contributed by atoms with Crippen LogP contribution in [0.5, 0.6) is 5.75 Å². The van der Waals surface area contributed by atoms with Gasteiger partial charge in [0.2, 0.25) is 0 Å². The van der Waals surface area contributed by atoms with Crippen molar-refractivity contribution in [3.05, 3.63) is 64.1 Å². The molecule has 0 unspecified atom stereocenters. The van der Waals surface area contributed by atoms with Crippen LogP contribution in [0, 0.1) is 0 Å². The van der Waals surface area contributed by atoms with E-state index in [-0.39, 0.29) is 0 Å².